The summed E-state index contributed by atoms with van der Waals surface area (Å²) in [6.07, 6.45) is 3.68. The lowest BCUT2D eigenvalue weighted by Crippen LogP contribution is -2.55. The van der Waals surface area contributed by atoms with Crippen LogP contribution in [0.2, 0.25) is 0 Å². The maximum atomic E-state index is 13.1. The summed E-state index contributed by atoms with van der Waals surface area (Å²) in [5.41, 5.74) is 5.79. The van der Waals surface area contributed by atoms with Gasteiger partial charge in [0, 0.05) is 44.0 Å². The molecule has 0 spiro atoms. The molecule has 5 nitrogen and oxygen atoms in total. The first-order valence-corrected chi connectivity index (χ1v) is 17.7. The number of likely N-dealkylation sites (N-methyl/N-ethyl adjacent to an activating group) is 2. The first-order chi connectivity index (χ1) is 21.7. The van der Waals surface area contributed by atoms with Gasteiger partial charge in [0.05, 0.1) is 5.25 Å². The number of anilines is 3. The minimum Gasteiger partial charge on any atom is -0.302 e. The molecule has 45 heavy (non-hydrogen) atoms. The van der Waals surface area contributed by atoms with Crippen molar-refractivity contribution >= 4 is 80.0 Å². The highest BCUT2D eigenvalue weighted by Gasteiger charge is 2.38. The normalized spacial score (nSPS) is 16.9. The SMILES string of the molecule is C=C1C=C(C=C2C(=O)N(CC)C(=S)N(CC)C2=O)SC1c1ccc(-c2ccc(N(c3ccc(C)cc3)c3ccc(C)cc3)s2)s1. The smallest absolute Gasteiger partial charge is 0.265 e. The number of carbonyl (C=O) groups excluding carboxylic acids is 2. The molecule has 2 aromatic carbocycles. The summed E-state index contributed by atoms with van der Waals surface area (Å²) in [4.78, 5) is 36.0. The molecule has 0 N–H and O–H groups in total. The lowest BCUT2D eigenvalue weighted by atomic mass is 10.1. The Bertz CT molecular complexity index is 1790. The van der Waals surface area contributed by atoms with Gasteiger partial charge in [-0.25, -0.2) is 0 Å². The number of hydrogen-bond donors (Lipinski definition) is 0. The quantitative estimate of drug-likeness (QED) is 0.106. The van der Waals surface area contributed by atoms with Gasteiger partial charge in [-0.05, 0) is 106 Å². The molecule has 6 rings (SSSR count). The molecule has 0 bridgehead atoms. The number of rotatable bonds is 8. The van der Waals surface area contributed by atoms with Crippen LogP contribution < -0.4 is 4.90 Å². The Labute approximate surface area is 282 Å². The van der Waals surface area contributed by atoms with Gasteiger partial charge in [-0.2, -0.15) is 0 Å². The zero-order chi connectivity index (χ0) is 31.8. The van der Waals surface area contributed by atoms with E-state index < -0.39 is 0 Å². The number of benzene rings is 2. The number of thiocarbonyl (C=S) groups is 1. The fraction of sp³-hybridized carbons (Fsp3) is 0.194. The van der Waals surface area contributed by atoms with Crippen molar-refractivity contribution in [2.75, 3.05) is 18.0 Å². The first kappa shape index (κ1) is 31.2. The fourth-order valence-electron chi connectivity index (χ4n) is 5.34. The van der Waals surface area contributed by atoms with Crippen molar-refractivity contribution in [2.45, 2.75) is 32.9 Å². The summed E-state index contributed by atoms with van der Waals surface area (Å²) in [5.74, 6) is -0.685. The van der Waals surface area contributed by atoms with Crippen LogP contribution >= 0.6 is 46.7 Å². The van der Waals surface area contributed by atoms with E-state index in [-0.39, 0.29) is 27.7 Å². The second kappa shape index (κ2) is 12.9. The van der Waals surface area contributed by atoms with Gasteiger partial charge in [-0.3, -0.25) is 19.4 Å². The molecule has 228 valence electrons. The predicted molar refractivity (Wildman–Crippen MR) is 195 cm³/mol. The Morgan fingerprint density at radius 1 is 0.800 bits per heavy atom. The van der Waals surface area contributed by atoms with Crippen LogP contribution in [-0.2, 0) is 9.59 Å². The number of nitrogens with zero attached hydrogens (tertiary/aromatic N) is 3. The molecule has 1 unspecified atom stereocenters. The lowest BCUT2D eigenvalue weighted by molar-refractivity contribution is -0.133. The molecule has 0 radical (unpaired) electrons. The zero-order valence-corrected chi connectivity index (χ0v) is 28.8. The summed E-state index contributed by atoms with van der Waals surface area (Å²) in [6.45, 7) is 13.1. The Balaban J connectivity index is 1.24. The number of allylic oxidation sites excluding steroid dienone is 2. The molecule has 2 aliphatic heterocycles. The number of carbonyl (C=O) groups is 2. The minimum absolute atomic E-state index is 0.0195. The summed E-state index contributed by atoms with van der Waals surface area (Å²) >= 11 is 10.5. The molecule has 1 saturated heterocycles. The van der Waals surface area contributed by atoms with Gasteiger partial charge < -0.3 is 4.90 Å². The molecule has 0 aliphatic carbocycles. The number of aryl methyl sites for hydroxylation is 2. The first-order valence-electron chi connectivity index (χ1n) is 14.8. The van der Waals surface area contributed by atoms with Crippen LogP contribution in [0.3, 0.4) is 0 Å². The van der Waals surface area contributed by atoms with Crippen LogP contribution in [0.5, 0.6) is 0 Å². The molecular formula is C36H33N3O2S4. The van der Waals surface area contributed by atoms with Crippen LogP contribution in [0.1, 0.15) is 35.1 Å². The maximum Gasteiger partial charge on any atom is 0.265 e. The van der Waals surface area contributed by atoms with Crippen LogP contribution in [0, 0.1) is 13.8 Å². The molecule has 4 heterocycles. The highest BCUT2D eigenvalue weighted by atomic mass is 32.2. The monoisotopic (exact) mass is 667 g/mol. The van der Waals surface area contributed by atoms with Gasteiger partial charge in [0.15, 0.2) is 5.11 Å². The predicted octanol–water partition coefficient (Wildman–Crippen LogP) is 9.71. The van der Waals surface area contributed by atoms with E-state index in [1.807, 2.05) is 19.9 Å². The van der Waals surface area contributed by atoms with Gasteiger partial charge in [0.2, 0.25) is 0 Å². The molecule has 1 fully saturated rings. The Morgan fingerprint density at radius 2 is 1.33 bits per heavy atom. The van der Waals surface area contributed by atoms with Gasteiger partial charge >= 0.3 is 0 Å². The molecule has 9 heteroatoms. The summed E-state index contributed by atoms with van der Waals surface area (Å²) in [7, 11) is 0. The summed E-state index contributed by atoms with van der Waals surface area (Å²) in [5, 5.41) is 1.43. The van der Waals surface area contributed by atoms with Crippen LogP contribution in [0.25, 0.3) is 9.75 Å². The van der Waals surface area contributed by atoms with Crippen molar-refractivity contribution in [1.82, 2.24) is 9.80 Å². The maximum absolute atomic E-state index is 13.1. The van der Waals surface area contributed by atoms with Crippen molar-refractivity contribution in [3.05, 3.63) is 124 Å². The molecular weight excluding hydrogens is 635 g/mol. The average Bonchev–Trinajstić information content (AvgIpc) is 3.78. The number of thiophene rings is 2. The molecule has 2 amide bonds. The van der Waals surface area contributed by atoms with E-state index in [2.05, 4.69) is 98.1 Å². The zero-order valence-electron chi connectivity index (χ0n) is 25.6. The standard InChI is InChI=1S/C36H33N3O2S4/c1-6-37-34(40)28(35(41)38(7-2)36(37)42)21-27-20-24(5)33(43-27)31-17-16-29(44-31)30-18-19-32(45-30)39(25-12-8-22(3)9-13-25)26-14-10-23(4)11-15-26/h8-21,33H,5-7H2,1-4H3. The molecule has 2 aliphatic rings. The topological polar surface area (TPSA) is 43.9 Å². The summed E-state index contributed by atoms with van der Waals surface area (Å²) < 4.78 is 0. The van der Waals surface area contributed by atoms with E-state index in [1.54, 1.807) is 40.5 Å². The van der Waals surface area contributed by atoms with Gasteiger partial charge in [0.1, 0.15) is 10.6 Å². The Kier molecular flexibility index (Phi) is 8.97. The average molecular weight is 668 g/mol. The van der Waals surface area contributed by atoms with Crippen molar-refractivity contribution in [2.24, 2.45) is 0 Å². The van der Waals surface area contributed by atoms with Crippen molar-refractivity contribution < 1.29 is 9.59 Å². The number of amides is 2. The lowest BCUT2D eigenvalue weighted by Gasteiger charge is -2.35. The fourth-order valence-corrected chi connectivity index (χ4v) is 9.32. The molecule has 1 atom stereocenters. The van der Waals surface area contributed by atoms with Crippen molar-refractivity contribution in [1.29, 1.82) is 0 Å². The van der Waals surface area contributed by atoms with E-state index in [0.717, 1.165) is 26.9 Å². The second-order valence-electron chi connectivity index (χ2n) is 10.9. The third-order valence-corrected chi connectivity index (χ3v) is 12.1. The molecule has 0 saturated carbocycles. The second-order valence-corrected chi connectivity index (χ2v) is 14.6. The highest BCUT2D eigenvalue weighted by Crippen LogP contribution is 2.51. The molecule has 4 aromatic rings. The largest absolute Gasteiger partial charge is 0.302 e. The van der Waals surface area contributed by atoms with Crippen LogP contribution in [0.4, 0.5) is 16.4 Å². The minimum atomic E-state index is -0.343. The van der Waals surface area contributed by atoms with Gasteiger partial charge in [-0.15, -0.1) is 34.4 Å². The van der Waals surface area contributed by atoms with E-state index >= 15 is 0 Å². The van der Waals surface area contributed by atoms with E-state index in [4.69, 9.17) is 12.2 Å². The van der Waals surface area contributed by atoms with E-state index in [0.29, 0.717) is 13.1 Å². The number of hydrogen-bond acceptors (Lipinski definition) is 7. The Morgan fingerprint density at radius 3 is 1.89 bits per heavy atom. The van der Waals surface area contributed by atoms with Crippen LogP contribution in [0.15, 0.2) is 108 Å². The summed E-state index contributed by atoms with van der Waals surface area (Å²) in [6, 6.07) is 26.0. The van der Waals surface area contributed by atoms with E-state index in [9.17, 15) is 9.59 Å². The van der Waals surface area contributed by atoms with Crippen LogP contribution in [-0.4, -0.2) is 39.8 Å². The Hall–Kier alpha value is -3.76. The van der Waals surface area contributed by atoms with Crippen molar-refractivity contribution in [3.63, 3.8) is 0 Å². The van der Waals surface area contributed by atoms with Gasteiger partial charge in [-0.1, -0.05) is 42.0 Å². The number of thioether (sulfide) groups is 1. The van der Waals surface area contributed by atoms with Gasteiger partial charge in [0.25, 0.3) is 11.8 Å². The third-order valence-electron chi connectivity index (χ3n) is 7.77. The van der Waals surface area contributed by atoms with Crippen molar-refractivity contribution in [3.8, 4) is 9.75 Å². The molecule has 2 aromatic heterocycles. The van der Waals surface area contributed by atoms with E-state index in [1.165, 1.54) is 35.6 Å². The third kappa shape index (κ3) is 6.10. The highest BCUT2D eigenvalue weighted by molar-refractivity contribution is 8.04.